The number of rotatable bonds is 11. The summed E-state index contributed by atoms with van der Waals surface area (Å²) in [5.41, 5.74) is 1.63. The smallest absolute Gasteiger partial charge is 0.306 e. The fourth-order valence-electron chi connectivity index (χ4n) is 4.74. The highest BCUT2D eigenvalue weighted by atomic mass is 16.5. The molecule has 1 aromatic rings. The van der Waals surface area contributed by atoms with Gasteiger partial charge in [0, 0.05) is 30.3 Å². The van der Waals surface area contributed by atoms with Crippen LogP contribution in [-0.4, -0.2) is 46.8 Å². The second kappa shape index (κ2) is 11.4. The number of aromatic hydroxyl groups is 1. The maximum atomic E-state index is 12.7. The number of unbranched alkanes of at least 4 members (excludes halogenated alkanes) is 2. The number of hydrogen-bond donors (Lipinski definition) is 1. The lowest BCUT2D eigenvalue weighted by Gasteiger charge is -2.53. The summed E-state index contributed by atoms with van der Waals surface area (Å²) in [5, 5.41) is 10.8. The third-order valence-corrected chi connectivity index (χ3v) is 6.97. The third-order valence-electron chi connectivity index (χ3n) is 6.97. The van der Waals surface area contributed by atoms with Gasteiger partial charge in [0.05, 0.1) is 6.61 Å². The second-order valence-corrected chi connectivity index (χ2v) is 10.6. The highest BCUT2D eigenvalue weighted by Gasteiger charge is 2.44. The van der Waals surface area contributed by atoms with Crippen LogP contribution in [0.4, 0.5) is 0 Å². The van der Waals surface area contributed by atoms with Gasteiger partial charge in [0.25, 0.3) is 0 Å². The van der Waals surface area contributed by atoms with Crippen molar-refractivity contribution in [3.05, 3.63) is 23.3 Å². The van der Waals surface area contributed by atoms with Crippen molar-refractivity contribution in [2.24, 2.45) is 0 Å². The van der Waals surface area contributed by atoms with E-state index in [-0.39, 0.29) is 29.6 Å². The van der Waals surface area contributed by atoms with E-state index in [2.05, 4.69) is 53.5 Å². The molecule has 0 saturated carbocycles. The Morgan fingerprint density at radius 1 is 1.03 bits per heavy atom. The molecule has 1 N–H and O–H groups in total. The predicted molar refractivity (Wildman–Crippen MR) is 130 cm³/mol. The van der Waals surface area contributed by atoms with E-state index in [1.54, 1.807) is 0 Å². The molecule has 0 unspecified atom stereocenters. The van der Waals surface area contributed by atoms with Gasteiger partial charge in [0.2, 0.25) is 0 Å². The molecule has 0 aliphatic carbocycles. The molecule has 2 rings (SSSR count). The zero-order valence-electron chi connectivity index (χ0n) is 21.4. The lowest BCUT2D eigenvalue weighted by Crippen LogP contribution is -2.60. The number of hydrogen-bond acceptors (Lipinski definition) is 5. The number of carbonyl (C=O) groups excluding carboxylic acids is 1. The normalized spacial score (nSPS) is 18.5. The Labute approximate surface area is 195 Å². The summed E-state index contributed by atoms with van der Waals surface area (Å²) in [6.45, 7) is 13.8. The van der Waals surface area contributed by atoms with Crippen molar-refractivity contribution < 1.29 is 19.4 Å². The van der Waals surface area contributed by atoms with Crippen LogP contribution in [0, 0.1) is 0 Å². The van der Waals surface area contributed by atoms with Crippen LogP contribution in [0.3, 0.4) is 0 Å². The molecule has 1 aromatic carbocycles. The van der Waals surface area contributed by atoms with Crippen molar-refractivity contribution in [1.29, 1.82) is 0 Å². The average Bonchev–Trinajstić information content (AvgIpc) is 2.70. The largest absolute Gasteiger partial charge is 0.507 e. The van der Waals surface area contributed by atoms with Crippen LogP contribution in [0.25, 0.3) is 0 Å². The Bertz CT molecular complexity index is 738. The molecule has 1 heterocycles. The topological polar surface area (TPSA) is 59.0 Å². The van der Waals surface area contributed by atoms with Gasteiger partial charge in [-0.1, -0.05) is 26.7 Å². The van der Waals surface area contributed by atoms with E-state index >= 15 is 0 Å². The van der Waals surface area contributed by atoms with Crippen molar-refractivity contribution in [2.75, 3.05) is 13.7 Å². The summed E-state index contributed by atoms with van der Waals surface area (Å²) < 4.78 is 11.8. The maximum absolute atomic E-state index is 12.7. The van der Waals surface area contributed by atoms with E-state index < -0.39 is 0 Å². The van der Waals surface area contributed by atoms with Crippen LogP contribution in [-0.2, 0) is 22.4 Å². The molecule has 5 heteroatoms. The number of likely N-dealkylation sites (tertiary alicyclic amines) is 1. The van der Waals surface area contributed by atoms with E-state index in [0.717, 1.165) is 61.8 Å². The van der Waals surface area contributed by atoms with Gasteiger partial charge >= 0.3 is 5.97 Å². The molecule has 0 radical (unpaired) electrons. The van der Waals surface area contributed by atoms with Gasteiger partial charge in [-0.25, -0.2) is 0 Å². The molecule has 1 aliphatic rings. The standard InChI is InChI=1S/C27H45NO4/c1-8-10-12-20-16-22(31-15-11-9-2)17-21(25(20)30)13-14-24(29)32-23-18-26(3,4)28(7)27(5,6)19-23/h16-17,23,30H,8-15,18-19H2,1-7H3. The molecule has 0 atom stereocenters. The summed E-state index contributed by atoms with van der Waals surface area (Å²) in [6.07, 6.45) is 7.23. The molecular weight excluding hydrogens is 402 g/mol. The molecule has 0 aromatic heterocycles. The number of ether oxygens (including phenoxy) is 2. The van der Waals surface area contributed by atoms with E-state index in [4.69, 9.17) is 9.47 Å². The number of nitrogens with zero attached hydrogens (tertiary/aromatic N) is 1. The molecule has 0 amide bonds. The first kappa shape index (κ1) is 26.5. The zero-order chi connectivity index (χ0) is 23.9. The highest BCUT2D eigenvalue weighted by molar-refractivity contribution is 5.70. The van der Waals surface area contributed by atoms with Crippen LogP contribution in [0.2, 0.25) is 0 Å². The number of benzene rings is 1. The average molecular weight is 448 g/mol. The Kier molecular flexibility index (Phi) is 9.44. The maximum Gasteiger partial charge on any atom is 0.306 e. The van der Waals surface area contributed by atoms with E-state index in [1.165, 1.54) is 0 Å². The third kappa shape index (κ3) is 7.13. The van der Waals surface area contributed by atoms with Gasteiger partial charge in [-0.2, -0.15) is 0 Å². The quantitative estimate of drug-likeness (QED) is 0.331. The number of phenols is 1. The van der Waals surface area contributed by atoms with Gasteiger partial charge in [-0.15, -0.1) is 0 Å². The summed E-state index contributed by atoms with van der Waals surface area (Å²) >= 11 is 0. The van der Waals surface area contributed by atoms with E-state index in [9.17, 15) is 9.90 Å². The number of esters is 1. The molecule has 1 fully saturated rings. The van der Waals surface area contributed by atoms with Crippen molar-refractivity contribution in [3.8, 4) is 11.5 Å². The summed E-state index contributed by atoms with van der Waals surface area (Å²) in [6, 6.07) is 3.83. The number of aryl methyl sites for hydroxylation is 2. The van der Waals surface area contributed by atoms with Crippen LogP contribution >= 0.6 is 0 Å². The van der Waals surface area contributed by atoms with Crippen LogP contribution < -0.4 is 4.74 Å². The molecule has 0 spiro atoms. The molecule has 5 nitrogen and oxygen atoms in total. The van der Waals surface area contributed by atoms with Crippen LogP contribution in [0.5, 0.6) is 11.5 Å². The molecule has 0 bridgehead atoms. The van der Waals surface area contributed by atoms with Crippen LogP contribution in [0.1, 0.15) is 97.6 Å². The molecular formula is C27H45NO4. The van der Waals surface area contributed by atoms with E-state index in [0.29, 0.717) is 18.8 Å². The van der Waals surface area contributed by atoms with Crippen molar-refractivity contribution >= 4 is 5.97 Å². The second-order valence-electron chi connectivity index (χ2n) is 10.6. The Balaban J connectivity index is 2.04. The first-order valence-electron chi connectivity index (χ1n) is 12.4. The summed E-state index contributed by atoms with van der Waals surface area (Å²) in [5.74, 6) is 0.887. The molecule has 182 valence electrons. The monoisotopic (exact) mass is 447 g/mol. The zero-order valence-corrected chi connectivity index (χ0v) is 21.4. The number of carbonyl (C=O) groups is 1. The van der Waals surface area contributed by atoms with Crippen LogP contribution in [0.15, 0.2) is 12.1 Å². The Hall–Kier alpha value is -1.75. The number of piperidine rings is 1. The minimum Gasteiger partial charge on any atom is -0.507 e. The van der Waals surface area contributed by atoms with Gasteiger partial charge in [-0.3, -0.25) is 9.69 Å². The van der Waals surface area contributed by atoms with Gasteiger partial charge < -0.3 is 14.6 Å². The Morgan fingerprint density at radius 3 is 2.16 bits per heavy atom. The van der Waals surface area contributed by atoms with Gasteiger partial charge in [-0.05, 0) is 83.7 Å². The van der Waals surface area contributed by atoms with Crippen molar-refractivity contribution in [3.63, 3.8) is 0 Å². The molecule has 1 saturated heterocycles. The minimum absolute atomic E-state index is 0.0245. The Morgan fingerprint density at radius 2 is 1.59 bits per heavy atom. The lowest BCUT2D eigenvalue weighted by molar-refractivity contribution is -0.158. The van der Waals surface area contributed by atoms with Gasteiger partial charge in [0.15, 0.2) is 0 Å². The lowest BCUT2D eigenvalue weighted by atomic mass is 9.79. The van der Waals surface area contributed by atoms with E-state index in [1.807, 2.05) is 12.1 Å². The first-order chi connectivity index (χ1) is 15.0. The minimum atomic E-state index is -0.196. The fraction of sp³-hybridized carbons (Fsp3) is 0.741. The number of phenolic OH excluding ortho intramolecular Hbond substituents is 1. The SMILES string of the molecule is CCCCOc1cc(CCCC)c(O)c(CCC(=O)OC2CC(C)(C)N(C)C(C)(C)C2)c1. The van der Waals surface area contributed by atoms with Crippen molar-refractivity contribution in [1.82, 2.24) is 4.90 Å². The van der Waals surface area contributed by atoms with Gasteiger partial charge in [0.1, 0.15) is 17.6 Å². The van der Waals surface area contributed by atoms with Crippen molar-refractivity contribution in [2.45, 2.75) is 117 Å². The fourth-order valence-corrected chi connectivity index (χ4v) is 4.74. The predicted octanol–water partition coefficient (Wildman–Crippen LogP) is 6.04. The molecule has 32 heavy (non-hydrogen) atoms. The highest BCUT2D eigenvalue weighted by Crippen LogP contribution is 2.38. The molecule has 1 aliphatic heterocycles. The summed E-state index contributed by atoms with van der Waals surface area (Å²) in [4.78, 5) is 15.1. The first-order valence-corrected chi connectivity index (χ1v) is 12.4. The summed E-state index contributed by atoms with van der Waals surface area (Å²) in [7, 11) is 2.15.